The highest BCUT2D eigenvalue weighted by molar-refractivity contribution is 6.16. The number of aromatic nitrogens is 5. The van der Waals surface area contributed by atoms with Crippen LogP contribution in [0.4, 0.5) is 16.0 Å². The first kappa shape index (κ1) is 22.9. The molecule has 0 aliphatic heterocycles. The fraction of sp³-hybridized carbons (Fsp3) is 0.115. The van der Waals surface area contributed by atoms with E-state index in [0.29, 0.717) is 28.0 Å². The van der Waals surface area contributed by atoms with Gasteiger partial charge in [0, 0.05) is 24.5 Å². The quantitative estimate of drug-likeness (QED) is 0.318. The number of fused-ring (bicyclic) bond motifs is 1. The number of nitrogens with one attached hydrogen (secondary N) is 2. The maximum Gasteiger partial charge on any atom is 0.263 e. The Kier molecular flexibility index (Phi) is 5.77. The van der Waals surface area contributed by atoms with Gasteiger partial charge < -0.3 is 11.1 Å². The van der Waals surface area contributed by atoms with E-state index in [-0.39, 0.29) is 29.3 Å². The first-order valence-electron chi connectivity index (χ1n) is 11.2. The van der Waals surface area contributed by atoms with Gasteiger partial charge in [-0.2, -0.15) is 5.10 Å². The summed E-state index contributed by atoms with van der Waals surface area (Å²) in [6.07, 6.45) is 4.55. The number of para-hydroxylation sites is 1. The van der Waals surface area contributed by atoms with Gasteiger partial charge in [0.15, 0.2) is 0 Å². The minimum absolute atomic E-state index is 0.101. The molecule has 10 heteroatoms. The minimum atomic E-state index is -0.515. The Morgan fingerprint density at radius 3 is 2.72 bits per heavy atom. The molecule has 3 aromatic heterocycles. The highest BCUT2D eigenvalue weighted by atomic mass is 19.1. The summed E-state index contributed by atoms with van der Waals surface area (Å²) >= 11 is 0. The number of hydrogen-bond acceptors (Lipinski definition) is 7. The molecule has 0 unspecified atom stereocenters. The molecule has 5 rings (SSSR count). The topological polar surface area (TPSA) is 128 Å². The van der Waals surface area contributed by atoms with E-state index in [1.165, 1.54) is 17.0 Å². The van der Waals surface area contributed by atoms with Crippen LogP contribution >= 0.6 is 0 Å². The Hall–Kier alpha value is -4.86. The molecule has 9 nitrogen and oxygen atoms in total. The Labute approximate surface area is 205 Å². The maximum atomic E-state index is 14.9. The van der Waals surface area contributed by atoms with Crippen LogP contribution in [0.2, 0.25) is 0 Å². The lowest BCUT2D eigenvalue weighted by Crippen LogP contribution is -2.25. The Balaban J connectivity index is 1.62. The largest absolute Gasteiger partial charge is 0.383 e. The second-order valence-electron chi connectivity index (χ2n) is 8.38. The van der Waals surface area contributed by atoms with Gasteiger partial charge in [0.1, 0.15) is 23.8 Å². The van der Waals surface area contributed by atoms with E-state index in [9.17, 15) is 9.18 Å². The first-order valence-corrected chi connectivity index (χ1v) is 11.2. The summed E-state index contributed by atoms with van der Waals surface area (Å²) in [5.74, 6) is -0.0747. The molecular formula is C26H23FN8O. The molecule has 2 aromatic carbocycles. The molecule has 36 heavy (non-hydrogen) atoms. The Morgan fingerprint density at radius 1 is 1.17 bits per heavy atom. The molecule has 0 aliphatic rings. The van der Waals surface area contributed by atoms with E-state index in [0.717, 1.165) is 10.9 Å². The smallest absolute Gasteiger partial charge is 0.263 e. The number of anilines is 2. The molecular weight excluding hydrogens is 459 g/mol. The van der Waals surface area contributed by atoms with Crippen molar-refractivity contribution in [2.75, 3.05) is 11.1 Å². The van der Waals surface area contributed by atoms with Crippen molar-refractivity contribution in [1.29, 1.82) is 5.41 Å². The van der Waals surface area contributed by atoms with Crippen LogP contribution in [0.5, 0.6) is 0 Å². The van der Waals surface area contributed by atoms with Crippen molar-refractivity contribution in [1.82, 2.24) is 24.3 Å². The fourth-order valence-electron chi connectivity index (χ4n) is 4.27. The summed E-state index contributed by atoms with van der Waals surface area (Å²) < 4.78 is 17.8. The van der Waals surface area contributed by atoms with Gasteiger partial charge in [0.05, 0.1) is 35.1 Å². The lowest BCUT2D eigenvalue weighted by Gasteiger charge is -2.18. The molecule has 0 saturated heterocycles. The number of aryl methyl sites for hydroxylation is 2. The molecule has 0 spiro atoms. The summed E-state index contributed by atoms with van der Waals surface area (Å²) in [5, 5.41) is 17.2. The lowest BCUT2D eigenvalue weighted by molar-refractivity contribution is 0.614. The minimum Gasteiger partial charge on any atom is -0.383 e. The molecule has 180 valence electrons. The van der Waals surface area contributed by atoms with E-state index in [1.807, 2.05) is 31.2 Å². The highest BCUT2D eigenvalue weighted by Crippen LogP contribution is 2.24. The zero-order valence-electron chi connectivity index (χ0n) is 19.7. The third-order valence-corrected chi connectivity index (χ3v) is 5.98. The van der Waals surface area contributed by atoms with Crippen molar-refractivity contribution in [3.05, 3.63) is 106 Å². The van der Waals surface area contributed by atoms with Gasteiger partial charge in [-0.3, -0.25) is 19.5 Å². The van der Waals surface area contributed by atoms with Crippen LogP contribution in [0.1, 0.15) is 22.4 Å². The monoisotopic (exact) mass is 482 g/mol. The summed E-state index contributed by atoms with van der Waals surface area (Å²) in [4.78, 5) is 22.0. The second kappa shape index (κ2) is 9.06. The van der Waals surface area contributed by atoms with Gasteiger partial charge in [0.25, 0.3) is 5.56 Å². The van der Waals surface area contributed by atoms with Crippen LogP contribution in [0.15, 0.2) is 72.0 Å². The van der Waals surface area contributed by atoms with Crippen molar-refractivity contribution < 1.29 is 4.39 Å². The van der Waals surface area contributed by atoms with E-state index in [1.54, 1.807) is 42.3 Å². The van der Waals surface area contributed by atoms with Gasteiger partial charge in [0.2, 0.25) is 0 Å². The molecule has 0 atom stereocenters. The fourth-order valence-corrected chi connectivity index (χ4v) is 4.27. The molecule has 0 radical (unpaired) electrons. The number of hydrogen-bond donors (Lipinski definition) is 3. The van der Waals surface area contributed by atoms with Crippen molar-refractivity contribution in [3.63, 3.8) is 0 Å². The van der Waals surface area contributed by atoms with Gasteiger partial charge in [-0.25, -0.2) is 14.4 Å². The SMILES string of the molecule is Cc1cccc2cc(CNc3ncnc(N)c3C(=N)c3cnn(C)c3)n(-c3ccccc3F)c(=O)c12. The molecule has 4 N–H and O–H groups in total. The normalized spacial score (nSPS) is 11.1. The molecule has 3 heterocycles. The molecule has 5 aromatic rings. The molecule has 0 saturated carbocycles. The number of benzene rings is 2. The number of nitrogens with two attached hydrogens (primary N) is 1. The average molecular weight is 483 g/mol. The van der Waals surface area contributed by atoms with Crippen LogP contribution in [0, 0.1) is 18.2 Å². The number of rotatable bonds is 6. The van der Waals surface area contributed by atoms with Crippen molar-refractivity contribution in [2.24, 2.45) is 7.05 Å². The molecule has 0 amide bonds. The van der Waals surface area contributed by atoms with E-state index in [2.05, 4.69) is 20.4 Å². The third-order valence-electron chi connectivity index (χ3n) is 5.98. The van der Waals surface area contributed by atoms with Crippen molar-refractivity contribution in [2.45, 2.75) is 13.5 Å². The molecule has 0 bridgehead atoms. The number of nitrogen functional groups attached to an aromatic ring is 1. The highest BCUT2D eigenvalue weighted by Gasteiger charge is 2.19. The van der Waals surface area contributed by atoms with Crippen LogP contribution in [0.25, 0.3) is 16.5 Å². The van der Waals surface area contributed by atoms with Gasteiger partial charge in [-0.1, -0.05) is 30.3 Å². The summed E-state index contributed by atoms with van der Waals surface area (Å²) in [6, 6.07) is 13.6. The average Bonchev–Trinajstić information content (AvgIpc) is 3.29. The predicted octanol–water partition coefficient (Wildman–Crippen LogP) is 3.57. The van der Waals surface area contributed by atoms with E-state index < -0.39 is 5.82 Å². The Bertz CT molecular complexity index is 1690. The van der Waals surface area contributed by atoms with Crippen LogP contribution in [0.3, 0.4) is 0 Å². The number of nitrogens with zero attached hydrogens (tertiary/aromatic N) is 5. The number of pyridine rings is 1. The van der Waals surface area contributed by atoms with Gasteiger partial charge in [-0.15, -0.1) is 0 Å². The zero-order valence-corrected chi connectivity index (χ0v) is 19.7. The van der Waals surface area contributed by atoms with Crippen LogP contribution < -0.4 is 16.6 Å². The summed E-state index contributed by atoms with van der Waals surface area (Å²) in [6.45, 7) is 1.96. The van der Waals surface area contributed by atoms with Gasteiger partial charge in [-0.05, 0) is 36.1 Å². The van der Waals surface area contributed by atoms with Gasteiger partial charge >= 0.3 is 0 Å². The standard InChI is InChI=1S/C26H23FN8O/c1-15-6-5-7-16-10-18(35(26(36)21(15)16)20-9-4-3-8-19(20)27)12-30-25-22(24(29)31-14-32-25)23(28)17-11-33-34(2)13-17/h3-11,13-14,28H,12H2,1-2H3,(H3,29,30,31,32). The Morgan fingerprint density at radius 2 is 1.97 bits per heavy atom. The summed E-state index contributed by atoms with van der Waals surface area (Å²) in [7, 11) is 1.75. The first-order chi connectivity index (χ1) is 17.3. The predicted molar refractivity (Wildman–Crippen MR) is 137 cm³/mol. The molecule has 0 aliphatic carbocycles. The zero-order chi connectivity index (χ0) is 25.4. The maximum absolute atomic E-state index is 14.9. The summed E-state index contributed by atoms with van der Waals surface area (Å²) in [5.41, 5.74) is 8.23. The van der Waals surface area contributed by atoms with E-state index in [4.69, 9.17) is 11.1 Å². The van der Waals surface area contributed by atoms with Crippen LogP contribution in [-0.4, -0.2) is 30.0 Å². The molecule has 0 fully saturated rings. The second-order valence-corrected chi connectivity index (χ2v) is 8.38. The number of halogens is 1. The van der Waals surface area contributed by atoms with Crippen molar-refractivity contribution in [3.8, 4) is 5.69 Å². The van der Waals surface area contributed by atoms with Crippen LogP contribution in [-0.2, 0) is 13.6 Å². The van der Waals surface area contributed by atoms with E-state index >= 15 is 0 Å². The lowest BCUT2D eigenvalue weighted by atomic mass is 10.1. The third kappa shape index (κ3) is 3.98. The van der Waals surface area contributed by atoms with Crippen molar-refractivity contribution >= 4 is 28.1 Å².